The van der Waals surface area contributed by atoms with Crippen molar-refractivity contribution in [2.24, 2.45) is 0 Å². The van der Waals surface area contributed by atoms with Crippen LogP contribution in [0.2, 0.25) is 0 Å². The Balaban J connectivity index is 1.77. The third kappa shape index (κ3) is 6.10. The Morgan fingerprint density at radius 1 is 0.750 bits per heavy atom. The van der Waals surface area contributed by atoms with E-state index in [1.54, 1.807) is 43.3 Å². The molecule has 10 atom stereocenters. The number of benzene rings is 2. The lowest BCUT2D eigenvalue weighted by Gasteiger charge is -2.40. The summed E-state index contributed by atoms with van der Waals surface area (Å²) in [6, 6.07) is 8.33. The summed E-state index contributed by atoms with van der Waals surface area (Å²) in [5, 5.41) is 91.3. The zero-order chi connectivity index (χ0) is 29.1. The van der Waals surface area contributed by atoms with Crippen LogP contribution < -0.4 is 9.47 Å². The predicted molar refractivity (Wildman–Crippen MR) is 137 cm³/mol. The molecule has 9 N–H and O–H groups in total. The Hall–Kier alpha value is -2.40. The van der Waals surface area contributed by atoms with Crippen LogP contribution in [0, 0.1) is 0 Å². The zero-order valence-electron chi connectivity index (χ0n) is 21.7. The number of allylic oxidation sites excluding steroid dienone is 1. The molecule has 0 saturated carbocycles. The van der Waals surface area contributed by atoms with Gasteiger partial charge in [0.25, 0.3) is 0 Å². The molecule has 40 heavy (non-hydrogen) atoms. The van der Waals surface area contributed by atoms with Gasteiger partial charge in [-0.3, -0.25) is 0 Å². The van der Waals surface area contributed by atoms with Crippen LogP contribution in [0.25, 0.3) is 10.8 Å². The lowest BCUT2D eigenvalue weighted by atomic mass is 9.98. The maximum atomic E-state index is 10.6. The molecular weight excluding hydrogens is 532 g/mol. The zero-order valence-corrected chi connectivity index (χ0v) is 21.7. The molecule has 2 aliphatic rings. The van der Waals surface area contributed by atoms with E-state index in [4.69, 9.17) is 18.9 Å². The number of fused-ring (bicyclic) bond motifs is 1. The average Bonchev–Trinajstić information content (AvgIpc) is 2.97. The van der Waals surface area contributed by atoms with Gasteiger partial charge in [0.05, 0.1) is 19.8 Å². The fourth-order valence-corrected chi connectivity index (χ4v) is 4.68. The summed E-state index contributed by atoms with van der Waals surface area (Å²) < 4.78 is 23.1. The van der Waals surface area contributed by atoms with Gasteiger partial charge in [-0.2, -0.15) is 0 Å². The van der Waals surface area contributed by atoms with Crippen molar-refractivity contribution in [2.75, 3.05) is 19.8 Å². The minimum Gasteiger partial charge on any atom is -0.461 e. The van der Waals surface area contributed by atoms with E-state index in [0.29, 0.717) is 21.9 Å². The maximum absolute atomic E-state index is 10.6. The first kappa shape index (κ1) is 30.6. The van der Waals surface area contributed by atoms with E-state index in [0.717, 1.165) is 0 Å². The first-order valence-electron chi connectivity index (χ1n) is 12.9. The largest absolute Gasteiger partial charge is 0.461 e. The van der Waals surface area contributed by atoms with Gasteiger partial charge in [-0.25, -0.2) is 0 Å². The summed E-state index contributed by atoms with van der Waals surface area (Å²) >= 11 is 0. The van der Waals surface area contributed by atoms with Gasteiger partial charge in [0.15, 0.2) is 0 Å². The lowest BCUT2D eigenvalue weighted by Crippen LogP contribution is -2.60. The van der Waals surface area contributed by atoms with Crippen LogP contribution in [0.3, 0.4) is 0 Å². The van der Waals surface area contributed by atoms with Crippen molar-refractivity contribution in [3.63, 3.8) is 0 Å². The molecule has 2 saturated heterocycles. The second-order valence-corrected chi connectivity index (χ2v) is 9.95. The van der Waals surface area contributed by atoms with E-state index in [2.05, 4.69) is 0 Å². The first-order chi connectivity index (χ1) is 19.1. The van der Waals surface area contributed by atoms with Gasteiger partial charge < -0.3 is 64.9 Å². The summed E-state index contributed by atoms with van der Waals surface area (Å²) in [5.74, 6) is 0.397. The quantitative estimate of drug-likeness (QED) is 0.145. The Labute approximate surface area is 229 Å². The number of rotatable bonds is 9. The lowest BCUT2D eigenvalue weighted by molar-refractivity contribution is -0.277. The molecule has 13 heteroatoms. The number of hydrogen-bond donors (Lipinski definition) is 9. The van der Waals surface area contributed by atoms with Crippen LogP contribution in [0.5, 0.6) is 11.5 Å². The highest BCUT2D eigenvalue weighted by atomic mass is 16.7. The van der Waals surface area contributed by atoms with Crippen LogP contribution in [0.4, 0.5) is 0 Å². The van der Waals surface area contributed by atoms with E-state index in [1.165, 1.54) is 0 Å². The van der Waals surface area contributed by atoms with Crippen LogP contribution in [-0.4, -0.2) is 127 Å². The highest BCUT2D eigenvalue weighted by Crippen LogP contribution is 2.40. The SMILES string of the molecule is C/C(=C/Cc1cc(O[C@@H]2O[C@H](CO)[C@@H](O)[C@H](O)[C@H]2O)c2ccccc2c1O[C@@H]1O[C@H](CO)[C@@H](O)[C@H](O)[C@H]1O)CO. The Kier molecular flexibility index (Phi) is 9.98. The molecule has 0 radical (unpaired) electrons. The highest BCUT2D eigenvalue weighted by molar-refractivity contribution is 5.94. The van der Waals surface area contributed by atoms with Crippen molar-refractivity contribution < 1.29 is 64.9 Å². The standard InChI is InChI=1S/C27H36O13/c1-12(9-28)6-7-13-8-16(37-26-23(35)21(33)19(31)17(10-29)38-26)14-4-2-3-5-15(14)25(13)40-27-24(36)22(34)20(32)18(11-30)39-27/h2-6,8,17-24,26-36H,7,9-11H2,1H3/b12-6-/t17-,18-,19-,20-,21+,22+,23-,24-,26-,27+/m1/s1. The first-order valence-corrected chi connectivity index (χ1v) is 12.9. The van der Waals surface area contributed by atoms with Crippen LogP contribution in [-0.2, 0) is 15.9 Å². The molecule has 0 aromatic heterocycles. The molecule has 4 rings (SSSR count). The molecule has 2 aromatic rings. The minimum absolute atomic E-state index is 0.186. The number of aliphatic hydroxyl groups is 9. The number of aliphatic hydroxyl groups excluding tert-OH is 9. The van der Waals surface area contributed by atoms with Crippen molar-refractivity contribution in [3.8, 4) is 11.5 Å². The van der Waals surface area contributed by atoms with Crippen molar-refractivity contribution in [3.05, 3.63) is 47.5 Å². The monoisotopic (exact) mass is 568 g/mol. The summed E-state index contributed by atoms with van der Waals surface area (Å²) in [4.78, 5) is 0. The normalized spacial score (nSPS) is 35.1. The molecule has 0 unspecified atom stereocenters. The molecule has 2 aliphatic heterocycles. The van der Waals surface area contributed by atoms with Crippen molar-refractivity contribution in [1.29, 1.82) is 0 Å². The third-order valence-electron chi connectivity index (χ3n) is 7.13. The molecule has 0 spiro atoms. The van der Waals surface area contributed by atoms with Gasteiger partial charge in [0, 0.05) is 16.3 Å². The van der Waals surface area contributed by atoms with Crippen LogP contribution in [0.1, 0.15) is 12.5 Å². The second kappa shape index (κ2) is 13.1. The van der Waals surface area contributed by atoms with Crippen molar-refractivity contribution in [1.82, 2.24) is 0 Å². The predicted octanol–water partition coefficient (Wildman–Crippen LogP) is -2.32. The van der Waals surface area contributed by atoms with Gasteiger partial charge in [0.2, 0.25) is 12.6 Å². The van der Waals surface area contributed by atoms with Crippen LogP contribution in [0.15, 0.2) is 42.0 Å². The van der Waals surface area contributed by atoms with Gasteiger partial charge in [-0.05, 0) is 19.4 Å². The van der Waals surface area contributed by atoms with Gasteiger partial charge in [-0.1, -0.05) is 35.9 Å². The molecule has 2 heterocycles. The Morgan fingerprint density at radius 3 is 1.80 bits per heavy atom. The Bertz CT molecular complexity index is 1170. The van der Waals surface area contributed by atoms with Gasteiger partial charge in [-0.15, -0.1) is 0 Å². The van der Waals surface area contributed by atoms with Crippen LogP contribution >= 0.6 is 0 Å². The number of hydrogen-bond acceptors (Lipinski definition) is 13. The third-order valence-corrected chi connectivity index (χ3v) is 7.13. The molecule has 13 nitrogen and oxygen atoms in total. The van der Waals surface area contributed by atoms with E-state index in [1.807, 2.05) is 0 Å². The van der Waals surface area contributed by atoms with Crippen molar-refractivity contribution >= 4 is 10.8 Å². The minimum atomic E-state index is -1.66. The van der Waals surface area contributed by atoms with E-state index >= 15 is 0 Å². The summed E-state index contributed by atoms with van der Waals surface area (Å²) in [6.07, 6.45) is -13.1. The molecule has 0 aliphatic carbocycles. The molecule has 2 aromatic carbocycles. The average molecular weight is 569 g/mol. The summed E-state index contributed by atoms with van der Waals surface area (Å²) in [6.45, 7) is 0.242. The van der Waals surface area contributed by atoms with E-state index in [9.17, 15) is 46.0 Å². The molecule has 2 fully saturated rings. The molecule has 0 amide bonds. The second-order valence-electron chi connectivity index (χ2n) is 9.95. The summed E-state index contributed by atoms with van der Waals surface area (Å²) in [5.41, 5.74) is 1.10. The molecular formula is C27H36O13. The van der Waals surface area contributed by atoms with Gasteiger partial charge in [0.1, 0.15) is 60.3 Å². The highest BCUT2D eigenvalue weighted by Gasteiger charge is 2.46. The fraction of sp³-hybridized carbons (Fsp3) is 0.556. The smallest absolute Gasteiger partial charge is 0.229 e. The molecule has 222 valence electrons. The molecule has 0 bridgehead atoms. The van der Waals surface area contributed by atoms with Gasteiger partial charge >= 0.3 is 0 Å². The Morgan fingerprint density at radius 2 is 1.27 bits per heavy atom. The van der Waals surface area contributed by atoms with E-state index < -0.39 is 74.6 Å². The van der Waals surface area contributed by atoms with Crippen molar-refractivity contribution in [2.45, 2.75) is 74.8 Å². The van der Waals surface area contributed by atoms with E-state index in [-0.39, 0.29) is 24.5 Å². The maximum Gasteiger partial charge on any atom is 0.229 e. The fourth-order valence-electron chi connectivity index (χ4n) is 4.68. The summed E-state index contributed by atoms with van der Waals surface area (Å²) in [7, 11) is 0. The number of ether oxygens (including phenoxy) is 4. The topological polar surface area (TPSA) is 219 Å².